The van der Waals surface area contributed by atoms with Crippen molar-refractivity contribution < 1.29 is 0 Å². The molecule has 1 aliphatic carbocycles. The van der Waals surface area contributed by atoms with Crippen molar-refractivity contribution in [3.63, 3.8) is 0 Å². The second-order valence-corrected chi connectivity index (χ2v) is 5.84. The maximum Gasteiger partial charge on any atom is 0.227 e. The summed E-state index contributed by atoms with van der Waals surface area (Å²) in [4.78, 5) is 8.72. The zero-order chi connectivity index (χ0) is 14.4. The molecule has 0 aliphatic heterocycles. The predicted octanol–water partition coefficient (Wildman–Crippen LogP) is 4.21. The van der Waals surface area contributed by atoms with Crippen molar-refractivity contribution in [3.8, 4) is 0 Å². The lowest BCUT2D eigenvalue weighted by Crippen LogP contribution is -1.98. The maximum absolute atomic E-state index is 6.31. The Kier molecular flexibility index (Phi) is 2.97. The van der Waals surface area contributed by atoms with Gasteiger partial charge in [-0.15, -0.1) is 0 Å². The lowest BCUT2D eigenvalue weighted by molar-refractivity contribution is 0.643. The number of nitrogens with zero attached hydrogens (tertiary/aromatic N) is 4. The molecule has 0 bridgehead atoms. The molecule has 106 valence electrons. The van der Waals surface area contributed by atoms with E-state index in [1.54, 1.807) is 18.5 Å². The lowest BCUT2D eigenvalue weighted by Gasteiger charge is -2.05. The smallest absolute Gasteiger partial charge is 0.227 e. The molecule has 1 saturated carbocycles. The first-order valence-electron chi connectivity index (χ1n) is 6.63. The first-order chi connectivity index (χ1) is 10.2. The number of rotatable bonds is 3. The van der Waals surface area contributed by atoms with Crippen LogP contribution in [0.4, 0.5) is 11.6 Å². The minimum atomic E-state index is 0.438. The summed E-state index contributed by atoms with van der Waals surface area (Å²) < 4.78 is 1.84. The molecule has 3 aromatic rings. The van der Waals surface area contributed by atoms with Crippen molar-refractivity contribution >= 4 is 45.7 Å². The second-order valence-electron chi connectivity index (χ2n) is 5.05. The number of benzene rings is 1. The number of hydrogen-bond acceptors (Lipinski definition) is 4. The Hall–Kier alpha value is -1.85. The Morgan fingerprint density at radius 3 is 2.86 bits per heavy atom. The Labute approximate surface area is 130 Å². The molecule has 5 nitrogen and oxygen atoms in total. The van der Waals surface area contributed by atoms with Crippen LogP contribution < -0.4 is 5.32 Å². The van der Waals surface area contributed by atoms with Crippen LogP contribution in [0.25, 0.3) is 10.9 Å². The zero-order valence-electron chi connectivity index (χ0n) is 10.9. The van der Waals surface area contributed by atoms with Gasteiger partial charge in [0.2, 0.25) is 5.95 Å². The summed E-state index contributed by atoms with van der Waals surface area (Å²) in [7, 11) is 0. The molecule has 0 amide bonds. The van der Waals surface area contributed by atoms with E-state index in [0.29, 0.717) is 22.2 Å². The van der Waals surface area contributed by atoms with E-state index in [0.717, 1.165) is 29.4 Å². The Balaban J connectivity index is 1.66. The second kappa shape index (κ2) is 4.86. The third-order valence-corrected chi connectivity index (χ3v) is 4.03. The Morgan fingerprint density at radius 2 is 2.05 bits per heavy atom. The fraction of sp³-hybridized carbons (Fsp3) is 0.214. The molecular weight excluding hydrogens is 309 g/mol. The molecule has 21 heavy (non-hydrogen) atoms. The van der Waals surface area contributed by atoms with Gasteiger partial charge in [-0.2, -0.15) is 5.10 Å². The first kappa shape index (κ1) is 12.9. The standard InChI is InChI=1S/C14H11Cl2N5/c15-9-1-4-11-8(5-9)6-17-14(19-11)20-12-7-18-21(13(12)16)10-2-3-10/h1,4-7,10H,2-3H2,(H,17,19,20). The van der Waals surface area contributed by atoms with E-state index in [4.69, 9.17) is 23.2 Å². The fourth-order valence-electron chi connectivity index (χ4n) is 2.19. The van der Waals surface area contributed by atoms with E-state index in [2.05, 4.69) is 20.4 Å². The summed E-state index contributed by atoms with van der Waals surface area (Å²) in [6, 6.07) is 5.94. The van der Waals surface area contributed by atoms with Crippen molar-refractivity contribution in [2.75, 3.05) is 5.32 Å². The van der Waals surface area contributed by atoms with Crippen LogP contribution in [0.1, 0.15) is 18.9 Å². The van der Waals surface area contributed by atoms with Crippen LogP contribution in [-0.2, 0) is 0 Å². The van der Waals surface area contributed by atoms with E-state index in [1.807, 2.05) is 16.8 Å². The van der Waals surface area contributed by atoms with Crippen LogP contribution in [-0.4, -0.2) is 19.7 Å². The van der Waals surface area contributed by atoms with Gasteiger partial charge in [0.15, 0.2) is 5.15 Å². The van der Waals surface area contributed by atoms with Crippen LogP contribution in [0, 0.1) is 0 Å². The molecule has 0 saturated heterocycles. The number of nitrogens with one attached hydrogen (secondary N) is 1. The van der Waals surface area contributed by atoms with E-state index < -0.39 is 0 Å². The molecule has 4 rings (SSSR count). The minimum absolute atomic E-state index is 0.438. The third-order valence-electron chi connectivity index (χ3n) is 3.42. The molecule has 0 atom stereocenters. The van der Waals surface area contributed by atoms with Crippen molar-refractivity contribution in [2.45, 2.75) is 18.9 Å². The molecule has 0 spiro atoms. The van der Waals surface area contributed by atoms with Gasteiger partial charge in [0.05, 0.1) is 23.4 Å². The van der Waals surface area contributed by atoms with Crippen LogP contribution in [0.3, 0.4) is 0 Å². The Morgan fingerprint density at radius 1 is 1.19 bits per heavy atom. The van der Waals surface area contributed by atoms with Crippen LogP contribution >= 0.6 is 23.2 Å². The number of aromatic nitrogens is 4. The summed E-state index contributed by atoms with van der Waals surface area (Å²) in [5, 5.41) is 9.57. The predicted molar refractivity (Wildman–Crippen MR) is 83.3 cm³/mol. The lowest BCUT2D eigenvalue weighted by atomic mass is 10.2. The van der Waals surface area contributed by atoms with Gasteiger partial charge >= 0.3 is 0 Å². The highest BCUT2D eigenvalue weighted by Gasteiger charge is 2.27. The topological polar surface area (TPSA) is 55.6 Å². The van der Waals surface area contributed by atoms with E-state index in [9.17, 15) is 0 Å². The van der Waals surface area contributed by atoms with E-state index in [-0.39, 0.29) is 0 Å². The monoisotopic (exact) mass is 319 g/mol. The Bertz CT molecular complexity index is 825. The molecule has 7 heteroatoms. The molecule has 1 N–H and O–H groups in total. The normalized spacial score (nSPS) is 14.6. The SMILES string of the molecule is Clc1ccc2nc(Nc3cnn(C4CC4)c3Cl)ncc2c1. The van der Waals surface area contributed by atoms with Crippen LogP contribution in [0.15, 0.2) is 30.6 Å². The fourth-order valence-corrected chi connectivity index (χ4v) is 2.65. The van der Waals surface area contributed by atoms with E-state index >= 15 is 0 Å². The molecule has 0 unspecified atom stereocenters. The molecule has 1 aromatic carbocycles. The van der Waals surface area contributed by atoms with Gasteiger partial charge in [-0.05, 0) is 31.0 Å². The van der Waals surface area contributed by atoms with Crippen molar-refractivity contribution in [1.29, 1.82) is 0 Å². The average molecular weight is 320 g/mol. The highest BCUT2D eigenvalue weighted by atomic mass is 35.5. The van der Waals surface area contributed by atoms with Crippen LogP contribution in [0.5, 0.6) is 0 Å². The van der Waals surface area contributed by atoms with E-state index in [1.165, 1.54) is 0 Å². The quantitative estimate of drug-likeness (QED) is 0.785. The number of hydrogen-bond donors (Lipinski definition) is 1. The highest BCUT2D eigenvalue weighted by Crippen LogP contribution is 2.39. The molecule has 1 fully saturated rings. The van der Waals surface area contributed by atoms with Gasteiger partial charge in [-0.1, -0.05) is 23.2 Å². The van der Waals surface area contributed by atoms with Gasteiger partial charge in [-0.3, -0.25) is 0 Å². The number of anilines is 2. The zero-order valence-corrected chi connectivity index (χ0v) is 12.4. The minimum Gasteiger partial charge on any atom is -0.320 e. The number of fused-ring (bicyclic) bond motifs is 1. The first-order valence-corrected chi connectivity index (χ1v) is 7.38. The highest BCUT2D eigenvalue weighted by molar-refractivity contribution is 6.32. The average Bonchev–Trinajstić information content (AvgIpc) is 3.25. The largest absolute Gasteiger partial charge is 0.320 e. The maximum atomic E-state index is 6.31. The van der Waals surface area contributed by atoms with Crippen LogP contribution in [0.2, 0.25) is 10.2 Å². The third kappa shape index (κ3) is 2.43. The molecule has 1 aliphatic rings. The molecule has 0 radical (unpaired) electrons. The molecule has 2 aromatic heterocycles. The summed E-state index contributed by atoms with van der Waals surface area (Å²) in [5.41, 5.74) is 1.54. The van der Waals surface area contributed by atoms with Gasteiger partial charge < -0.3 is 5.32 Å². The summed E-state index contributed by atoms with van der Waals surface area (Å²) in [6.07, 6.45) is 5.70. The summed E-state index contributed by atoms with van der Waals surface area (Å²) >= 11 is 12.3. The van der Waals surface area contributed by atoms with Gasteiger partial charge in [0.25, 0.3) is 0 Å². The van der Waals surface area contributed by atoms with Gasteiger partial charge in [-0.25, -0.2) is 14.6 Å². The van der Waals surface area contributed by atoms with Crippen molar-refractivity contribution in [1.82, 2.24) is 19.7 Å². The van der Waals surface area contributed by atoms with Crippen molar-refractivity contribution in [2.24, 2.45) is 0 Å². The summed E-state index contributed by atoms with van der Waals surface area (Å²) in [5.74, 6) is 0.488. The summed E-state index contributed by atoms with van der Waals surface area (Å²) in [6.45, 7) is 0. The van der Waals surface area contributed by atoms with Gasteiger partial charge in [0, 0.05) is 16.6 Å². The molecule has 2 heterocycles. The van der Waals surface area contributed by atoms with Crippen molar-refractivity contribution in [3.05, 3.63) is 40.8 Å². The van der Waals surface area contributed by atoms with Gasteiger partial charge in [0.1, 0.15) is 0 Å². The molecular formula is C14H11Cl2N5. The number of halogens is 2.